The van der Waals surface area contributed by atoms with Crippen molar-refractivity contribution in [2.45, 2.75) is 38.3 Å². The van der Waals surface area contributed by atoms with Gasteiger partial charge in [0.2, 0.25) is 10.0 Å². The van der Waals surface area contributed by atoms with Gasteiger partial charge in [0.1, 0.15) is 22.2 Å². The molecule has 1 aromatic carbocycles. The third kappa shape index (κ3) is 4.23. The SMILES string of the molecule is Cc1c(CNC(=O)c2cc(S(=O)(=O)N3CCc4ccc(F)cc4C3)c(C)n2C)ccnc1N. The molecule has 33 heavy (non-hydrogen) atoms. The third-order valence-corrected chi connectivity index (χ3v) is 8.24. The Balaban J connectivity index is 1.57. The Hall–Kier alpha value is -3.24. The zero-order valence-electron chi connectivity index (χ0n) is 18.7. The summed E-state index contributed by atoms with van der Waals surface area (Å²) in [4.78, 5) is 17.0. The fourth-order valence-corrected chi connectivity index (χ4v) is 5.74. The minimum Gasteiger partial charge on any atom is -0.383 e. The number of carbonyl (C=O) groups excluding carboxylic acids is 1. The van der Waals surface area contributed by atoms with Crippen molar-refractivity contribution in [1.82, 2.24) is 19.2 Å². The predicted molar refractivity (Wildman–Crippen MR) is 122 cm³/mol. The molecule has 10 heteroatoms. The van der Waals surface area contributed by atoms with Crippen molar-refractivity contribution in [3.05, 3.63) is 76.0 Å². The fraction of sp³-hybridized carbons (Fsp3) is 0.304. The molecule has 1 aliphatic heterocycles. The molecule has 0 aliphatic carbocycles. The van der Waals surface area contributed by atoms with Crippen LogP contribution >= 0.6 is 0 Å². The molecule has 174 valence electrons. The highest BCUT2D eigenvalue weighted by atomic mass is 32.2. The summed E-state index contributed by atoms with van der Waals surface area (Å²) < 4.78 is 43.4. The minimum atomic E-state index is -3.88. The lowest BCUT2D eigenvalue weighted by Crippen LogP contribution is -2.36. The largest absolute Gasteiger partial charge is 0.383 e. The number of hydrogen-bond donors (Lipinski definition) is 2. The van der Waals surface area contributed by atoms with Gasteiger partial charge in [0.05, 0.1) is 0 Å². The van der Waals surface area contributed by atoms with Crippen LogP contribution < -0.4 is 11.1 Å². The molecule has 0 atom stereocenters. The number of rotatable bonds is 5. The van der Waals surface area contributed by atoms with Crippen LogP contribution in [0, 0.1) is 19.7 Å². The number of aromatic nitrogens is 2. The van der Waals surface area contributed by atoms with Crippen LogP contribution in [-0.2, 0) is 36.6 Å². The highest BCUT2D eigenvalue weighted by Gasteiger charge is 2.32. The molecule has 4 rings (SSSR count). The lowest BCUT2D eigenvalue weighted by molar-refractivity contribution is 0.0942. The number of hydrogen-bond acceptors (Lipinski definition) is 5. The van der Waals surface area contributed by atoms with Crippen molar-refractivity contribution in [2.75, 3.05) is 12.3 Å². The monoisotopic (exact) mass is 471 g/mol. The van der Waals surface area contributed by atoms with Crippen LogP contribution in [0.25, 0.3) is 0 Å². The van der Waals surface area contributed by atoms with E-state index in [1.54, 1.807) is 36.9 Å². The highest BCUT2D eigenvalue weighted by Crippen LogP contribution is 2.28. The van der Waals surface area contributed by atoms with Crippen LogP contribution in [0.4, 0.5) is 10.2 Å². The van der Waals surface area contributed by atoms with Gasteiger partial charge in [0.25, 0.3) is 5.91 Å². The number of pyridine rings is 1. The fourth-order valence-electron chi connectivity index (χ4n) is 4.05. The first-order valence-electron chi connectivity index (χ1n) is 10.5. The maximum absolute atomic E-state index is 13.7. The summed E-state index contributed by atoms with van der Waals surface area (Å²) in [6.45, 7) is 4.10. The minimum absolute atomic E-state index is 0.0688. The van der Waals surface area contributed by atoms with Crippen molar-refractivity contribution in [2.24, 2.45) is 7.05 Å². The summed E-state index contributed by atoms with van der Waals surface area (Å²) in [5, 5.41) is 2.82. The first kappa shape index (κ1) is 22.9. The van der Waals surface area contributed by atoms with Crippen LogP contribution in [0.3, 0.4) is 0 Å². The van der Waals surface area contributed by atoms with Gasteiger partial charge in [0.15, 0.2) is 0 Å². The van der Waals surface area contributed by atoms with E-state index in [4.69, 9.17) is 5.73 Å². The van der Waals surface area contributed by atoms with E-state index < -0.39 is 21.7 Å². The Morgan fingerprint density at radius 1 is 1.21 bits per heavy atom. The Kier molecular flexibility index (Phi) is 5.98. The Morgan fingerprint density at radius 2 is 1.97 bits per heavy atom. The summed E-state index contributed by atoms with van der Waals surface area (Å²) in [5.74, 6) is -0.398. The average Bonchev–Trinajstić information content (AvgIpc) is 3.09. The number of nitrogens with zero attached hydrogens (tertiary/aromatic N) is 3. The molecule has 8 nitrogen and oxygen atoms in total. The quantitative estimate of drug-likeness (QED) is 0.594. The number of nitrogen functional groups attached to an aromatic ring is 1. The molecule has 0 fully saturated rings. The Labute approximate surface area is 192 Å². The Bertz CT molecular complexity index is 1350. The molecular formula is C23H26FN5O3S. The van der Waals surface area contributed by atoms with Crippen LogP contribution in [0.1, 0.15) is 38.4 Å². The van der Waals surface area contributed by atoms with E-state index in [1.807, 2.05) is 6.92 Å². The highest BCUT2D eigenvalue weighted by molar-refractivity contribution is 7.89. The molecule has 3 aromatic rings. The topological polar surface area (TPSA) is 110 Å². The summed E-state index contributed by atoms with van der Waals surface area (Å²) in [7, 11) is -2.23. The van der Waals surface area contributed by atoms with Crippen molar-refractivity contribution in [3.63, 3.8) is 0 Å². The van der Waals surface area contributed by atoms with E-state index in [0.717, 1.165) is 16.7 Å². The van der Waals surface area contributed by atoms with Gasteiger partial charge in [-0.2, -0.15) is 4.31 Å². The number of sulfonamides is 1. The lowest BCUT2D eigenvalue weighted by atomic mass is 10.0. The van der Waals surface area contributed by atoms with Crippen LogP contribution in [0.15, 0.2) is 41.4 Å². The van der Waals surface area contributed by atoms with Gasteiger partial charge < -0.3 is 15.6 Å². The van der Waals surface area contributed by atoms with Gasteiger partial charge in [-0.3, -0.25) is 4.79 Å². The zero-order valence-corrected chi connectivity index (χ0v) is 19.5. The van der Waals surface area contributed by atoms with Crippen LogP contribution in [-0.4, -0.2) is 34.7 Å². The van der Waals surface area contributed by atoms with Crippen LogP contribution in [0.2, 0.25) is 0 Å². The molecule has 0 saturated heterocycles. The lowest BCUT2D eigenvalue weighted by Gasteiger charge is -2.28. The first-order chi connectivity index (χ1) is 15.6. The Morgan fingerprint density at radius 3 is 2.73 bits per heavy atom. The van der Waals surface area contributed by atoms with Gasteiger partial charge in [-0.1, -0.05) is 6.07 Å². The van der Waals surface area contributed by atoms with E-state index in [0.29, 0.717) is 30.0 Å². The van der Waals surface area contributed by atoms with Crippen LogP contribution in [0.5, 0.6) is 0 Å². The molecule has 0 bridgehead atoms. The zero-order chi connectivity index (χ0) is 23.9. The average molecular weight is 472 g/mol. The number of nitrogens with one attached hydrogen (secondary N) is 1. The summed E-state index contributed by atoms with van der Waals surface area (Å²) in [5.41, 5.74) is 9.72. The van der Waals surface area contributed by atoms with Crippen molar-refractivity contribution < 1.29 is 17.6 Å². The molecule has 1 amide bonds. The number of anilines is 1. The summed E-state index contributed by atoms with van der Waals surface area (Å²) in [6.07, 6.45) is 2.08. The van der Waals surface area contributed by atoms with Gasteiger partial charge in [0, 0.05) is 38.6 Å². The van der Waals surface area contributed by atoms with Crippen molar-refractivity contribution in [1.29, 1.82) is 0 Å². The van der Waals surface area contributed by atoms with Gasteiger partial charge in [-0.05, 0) is 66.8 Å². The van der Waals surface area contributed by atoms with E-state index in [1.165, 1.54) is 22.5 Å². The number of halogens is 1. The smallest absolute Gasteiger partial charge is 0.268 e. The van der Waals surface area contributed by atoms with Crippen molar-refractivity contribution >= 4 is 21.7 Å². The normalized spacial score (nSPS) is 14.2. The predicted octanol–water partition coefficient (Wildman–Crippen LogP) is 2.44. The number of nitrogens with two attached hydrogens (primary N) is 1. The maximum Gasteiger partial charge on any atom is 0.268 e. The molecule has 3 N–H and O–H groups in total. The molecule has 0 spiro atoms. The van der Waals surface area contributed by atoms with Gasteiger partial charge >= 0.3 is 0 Å². The molecule has 0 radical (unpaired) electrons. The molecule has 0 saturated carbocycles. The second kappa shape index (κ2) is 8.60. The first-order valence-corrected chi connectivity index (χ1v) is 12.0. The number of fused-ring (bicyclic) bond motifs is 1. The second-order valence-corrected chi connectivity index (χ2v) is 10.1. The van der Waals surface area contributed by atoms with Gasteiger partial charge in [-0.25, -0.2) is 17.8 Å². The number of carbonyl (C=O) groups is 1. The molecular weight excluding hydrogens is 445 g/mol. The third-order valence-electron chi connectivity index (χ3n) is 6.28. The number of amides is 1. The standard InChI is InChI=1S/C23H26FN5O3S/c1-14-17(6-8-26-22(14)25)12-27-23(30)20-11-21(15(2)28(20)3)33(31,32)29-9-7-16-4-5-19(24)10-18(16)13-29/h4-6,8,10-11H,7,9,12-13H2,1-3H3,(H2,25,26)(H,27,30). The summed E-state index contributed by atoms with van der Waals surface area (Å²) in [6, 6.07) is 7.63. The molecule has 0 unspecified atom stereocenters. The van der Waals surface area contributed by atoms with E-state index >= 15 is 0 Å². The number of benzene rings is 1. The van der Waals surface area contributed by atoms with Gasteiger partial charge in [-0.15, -0.1) is 0 Å². The molecule has 2 aromatic heterocycles. The van der Waals surface area contributed by atoms with E-state index in [-0.39, 0.29) is 23.7 Å². The molecule has 3 heterocycles. The summed E-state index contributed by atoms with van der Waals surface area (Å²) >= 11 is 0. The van der Waals surface area contributed by atoms with Crippen molar-refractivity contribution in [3.8, 4) is 0 Å². The van der Waals surface area contributed by atoms with E-state index in [2.05, 4.69) is 10.3 Å². The second-order valence-electron chi connectivity index (χ2n) is 8.20. The molecule has 1 aliphatic rings. The maximum atomic E-state index is 13.7. The van der Waals surface area contributed by atoms with E-state index in [9.17, 15) is 17.6 Å².